The highest BCUT2D eigenvalue weighted by molar-refractivity contribution is 5.93. The first kappa shape index (κ1) is 24.8. The van der Waals surface area contributed by atoms with E-state index in [9.17, 15) is 19.8 Å². The smallest absolute Gasteiger partial charge is 0.312 e. The van der Waals surface area contributed by atoms with E-state index < -0.39 is 23.1 Å². The van der Waals surface area contributed by atoms with E-state index in [2.05, 4.69) is 0 Å². The summed E-state index contributed by atoms with van der Waals surface area (Å²) in [7, 11) is 5.85. The Balaban J connectivity index is 1.81. The molecule has 2 heterocycles. The van der Waals surface area contributed by atoms with Crippen molar-refractivity contribution in [1.29, 1.82) is 0 Å². The van der Waals surface area contributed by atoms with Crippen LogP contribution in [-0.4, -0.2) is 44.6 Å². The van der Waals surface area contributed by atoms with Crippen molar-refractivity contribution in [3.63, 3.8) is 0 Å². The van der Waals surface area contributed by atoms with Gasteiger partial charge in [0.2, 0.25) is 5.75 Å². The summed E-state index contributed by atoms with van der Waals surface area (Å²) in [5, 5.41) is 20.9. The predicted molar refractivity (Wildman–Crippen MR) is 136 cm³/mol. The van der Waals surface area contributed by atoms with Gasteiger partial charge in [-0.15, -0.1) is 0 Å². The average molecular weight is 520 g/mol. The van der Waals surface area contributed by atoms with Gasteiger partial charge in [0.05, 0.1) is 34.9 Å². The molecule has 10 nitrogen and oxygen atoms in total. The summed E-state index contributed by atoms with van der Waals surface area (Å²) in [5.74, 6) is -0.270. The Morgan fingerprint density at radius 1 is 0.816 bits per heavy atom. The molecule has 1 atom stereocenters. The molecule has 4 aromatic rings. The molecule has 5 rings (SSSR count). The zero-order chi connectivity index (χ0) is 27.1. The van der Waals surface area contributed by atoms with Gasteiger partial charge in [-0.25, -0.2) is 0 Å². The van der Waals surface area contributed by atoms with Crippen LogP contribution in [-0.2, 0) is 4.79 Å². The minimum Gasteiger partial charge on any atom is -0.507 e. The van der Waals surface area contributed by atoms with Crippen LogP contribution in [0, 0.1) is 0 Å². The fraction of sp³-hybridized carbons (Fsp3) is 0.214. The molecule has 10 heteroatoms. The highest BCUT2D eigenvalue weighted by atomic mass is 16.5. The molecule has 0 bridgehead atoms. The van der Waals surface area contributed by atoms with Crippen LogP contribution in [0.5, 0.6) is 40.2 Å². The first-order chi connectivity index (χ1) is 18.3. The molecule has 196 valence electrons. The number of hydrogen-bond acceptors (Lipinski definition) is 10. The molecular weight excluding hydrogens is 496 g/mol. The number of carbonyl (C=O) groups is 1. The first-order valence-electron chi connectivity index (χ1n) is 11.5. The number of rotatable bonds is 6. The normalized spacial score (nSPS) is 14.5. The second-order valence-corrected chi connectivity index (χ2v) is 8.53. The van der Waals surface area contributed by atoms with Crippen molar-refractivity contribution in [2.24, 2.45) is 0 Å². The lowest BCUT2D eigenvalue weighted by atomic mass is 9.84. The minimum absolute atomic E-state index is 0.0344. The molecule has 0 unspecified atom stereocenters. The van der Waals surface area contributed by atoms with Crippen LogP contribution in [0.15, 0.2) is 51.7 Å². The lowest BCUT2D eigenvalue weighted by Crippen LogP contribution is -2.22. The number of phenolic OH excluding ortho intramolecular Hbond substituents is 2. The maximum atomic E-state index is 13.2. The number of ether oxygens (including phenoxy) is 5. The van der Waals surface area contributed by atoms with Crippen LogP contribution in [0.2, 0.25) is 0 Å². The number of esters is 1. The van der Waals surface area contributed by atoms with E-state index in [-0.39, 0.29) is 40.4 Å². The van der Waals surface area contributed by atoms with Crippen LogP contribution in [0.25, 0.3) is 22.3 Å². The molecule has 0 radical (unpaired) electrons. The van der Waals surface area contributed by atoms with E-state index in [0.717, 1.165) is 0 Å². The Kier molecular flexibility index (Phi) is 6.23. The third kappa shape index (κ3) is 3.90. The number of methoxy groups -OCH3 is 4. The van der Waals surface area contributed by atoms with Gasteiger partial charge >= 0.3 is 5.97 Å². The van der Waals surface area contributed by atoms with Crippen LogP contribution < -0.4 is 29.1 Å². The van der Waals surface area contributed by atoms with E-state index in [1.165, 1.54) is 52.7 Å². The lowest BCUT2D eigenvalue weighted by molar-refractivity contribution is -0.135. The number of fused-ring (bicyclic) bond motifs is 3. The van der Waals surface area contributed by atoms with Crippen molar-refractivity contribution in [3.8, 4) is 51.6 Å². The van der Waals surface area contributed by atoms with Crippen molar-refractivity contribution >= 4 is 16.9 Å². The molecule has 0 amide bonds. The summed E-state index contributed by atoms with van der Waals surface area (Å²) in [6.07, 6.45) is -0.101. The zero-order valence-corrected chi connectivity index (χ0v) is 21.0. The van der Waals surface area contributed by atoms with E-state index >= 15 is 0 Å². The fourth-order valence-electron chi connectivity index (χ4n) is 4.81. The van der Waals surface area contributed by atoms with Gasteiger partial charge in [0, 0.05) is 34.7 Å². The summed E-state index contributed by atoms with van der Waals surface area (Å²) in [6, 6.07) is 10.4. The Morgan fingerprint density at radius 2 is 1.53 bits per heavy atom. The molecule has 1 aromatic heterocycles. The number of phenols is 2. The molecule has 1 aliphatic rings. The van der Waals surface area contributed by atoms with Crippen molar-refractivity contribution in [3.05, 3.63) is 63.8 Å². The summed E-state index contributed by atoms with van der Waals surface area (Å²) in [4.78, 5) is 25.9. The van der Waals surface area contributed by atoms with Gasteiger partial charge in [-0.3, -0.25) is 9.59 Å². The van der Waals surface area contributed by atoms with Gasteiger partial charge in [0.25, 0.3) is 0 Å². The lowest BCUT2D eigenvalue weighted by Gasteiger charge is -2.28. The standard InChI is InChI=1S/C28H24O10/c1-33-19-7-5-13(9-16(19)29)21-11-17(30)25-18(31)12-22-24(28(25)38-21)15(10-23(32)37-22)14-6-8-20(34-2)27(36-4)26(14)35-3/h5-9,11-12,15,29,31H,10H2,1-4H3/t15-/m1/s1. The van der Waals surface area contributed by atoms with Crippen molar-refractivity contribution in [1.82, 2.24) is 0 Å². The molecule has 0 fully saturated rings. The van der Waals surface area contributed by atoms with Crippen LogP contribution in [0.3, 0.4) is 0 Å². The van der Waals surface area contributed by atoms with Gasteiger partial charge in [-0.1, -0.05) is 6.07 Å². The molecule has 38 heavy (non-hydrogen) atoms. The first-order valence-corrected chi connectivity index (χ1v) is 11.5. The molecule has 2 N–H and O–H groups in total. The minimum atomic E-state index is -0.688. The van der Waals surface area contributed by atoms with Crippen LogP contribution in [0.1, 0.15) is 23.5 Å². The fourth-order valence-corrected chi connectivity index (χ4v) is 4.81. The number of aromatic hydroxyl groups is 2. The van der Waals surface area contributed by atoms with Crippen molar-refractivity contribution < 1.29 is 43.1 Å². The SMILES string of the molecule is COc1ccc(-c2cc(=O)c3c(O)cc4c(c3o2)[C@@H](c2ccc(OC)c(OC)c2OC)CC(=O)O4)cc1O. The zero-order valence-electron chi connectivity index (χ0n) is 21.0. The van der Waals surface area contributed by atoms with Crippen LogP contribution in [0.4, 0.5) is 0 Å². The Bertz CT molecular complexity index is 1640. The summed E-state index contributed by atoms with van der Waals surface area (Å²) in [5.41, 5.74) is 0.844. The highest BCUT2D eigenvalue weighted by Crippen LogP contribution is 2.51. The van der Waals surface area contributed by atoms with E-state index in [1.54, 1.807) is 18.2 Å². The van der Waals surface area contributed by atoms with E-state index in [0.29, 0.717) is 33.9 Å². The molecule has 3 aromatic carbocycles. The third-order valence-electron chi connectivity index (χ3n) is 6.50. The molecule has 0 saturated heterocycles. The van der Waals surface area contributed by atoms with Crippen molar-refractivity contribution in [2.75, 3.05) is 28.4 Å². The van der Waals surface area contributed by atoms with Gasteiger partial charge in [0.1, 0.15) is 28.2 Å². The number of benzene rings is 3. The second kappa shape index (κ2) is 9.55. The largest absolute Gasteiger partial charge is 0.507 e. The summed E-state index contributed by atoms with van der Waals surface area (Å²) < 4.78 is 33.3. The van der Waals surface area contributed by atoms with Gasteiger partial charge < -0.3 is 38.3 Å². The topological polar surface area (TPSA) is 134 Å². The molecule has 0 saturated carbocycles. The Labute approximate surface area is 216 Å². The Hall–Kier alpha value is -4.86. The third-order valence-corrected chi connectivity index (χ3v) is 6.50. The summed E-state index contributed by atoms with van der Waals surface area (Å²) >= 11 is 0. The molecular formula is C28H24O10. The molecule has 0 spiro atoms. The van der Waals surface area contributed by atoms with E-state index in [1.807, 2.05) is 0 Å². The van der Waals surface area contributed by atoms with Crippen LogP contribution >= 0.6 is 0 Å². The predicted octanol–water partition coefficient (Wildman–Crippen LogP) is 4.35. The Morgan fingerprint density at radius 3 is 2.18 bits per heavy atom. The summed E-state index contributed by atoms with van der Waals surface area (Å²) in [6.45, 7) is 0. The van der Waals surface area contributed by atoms with E-state index in [4.69, 9.17) is 28.1 Å². The quantitative estimate of drug-likeness (QED) is 0.279. The number of hydrogen-bond donors (Lipinski definition) is 2. The van der Waals surface area contributed by atoms with Gasteiger partial charge in [-0.05, 0) is 24.3 Å². The monoisotopic (exact) mass is 520 g/mol. The maximum absolute atomic E-state index is 13.2. The maximum Gasteiger partial charge on any atom is 0.312 e. The molecule has 0 aliphatic carbocycles. The highest BCUT2D eigenvalue weighted by Gasteiger charge is 2.36. The second-order valence-electron chi connectivity index (χ2n) is 8.53. The van der Waals surface area contributed by atoms with Crippen molar-refractivity contribution in [2.45, 2.75) is 12.3 Å². The molecule has 1 aliphatic heterocycles. The van der Waals surface area contributed by atoms with Gasteiger partial charge in [0.15, 0.2) is 28.4 Å². The number of carbonyl (C=O) groups excluding carboxylic acids is 1. The van der Waals surface area contributed by atoms with Gasteiger partial charge in [-0.2, -0.15) is 0 Å². The average Bonchev–Trinajstić information content (AvgIpc) is 2.90.